The molecule has 2 N–H and O–H groups in total. The van der Waals surface area contributed by atoms with Gasteiger partial charge in [0, 0.05) is 0 Å². The molecule has 0 aromatic rings. The standard InChI is InChI=1S/C7H18NO3P/c1-5-7(6-2,8(3)4)12(9,10)11/h5-6H2,1-4H3,(H2,9,10,11). The molecule has 0 bridgehead atoms. The average molecular weight is 195 g/mol. The SMILES string of the molecule is CCC(CC)(N(C)C)P(=O)(O)O. The minimum absolute atomic E-state index is 0.459. The molecule has 0 aliphatic rings. The maximum atomic E-state index is 11.2. The molecule has 0 fully saturated rings. The average Bonchev–Trinajstić information content (AvgIpc) is 1.87. The highest BCUT2D eigenvalue weighted by molar-refractivity contribution is 7.53. The van der Waals surface area contributed by atoms with Crippen molar-refractivity contribution in [3.05, 3.63) is 0 Å². The molecule has 0 spiro atoms. The molecular formula is C7H18NO3P. The van der Waals surface area contributed by atoms with Gasteiger partial charge in [-0.25, -0.2) is 0 Å². The lowest BCUT2D eigenvalue weighted by Gasteiger charge is -2.38. The second-order valence-corrected chi connectivity index (χ2v) is 5.05. The van der Waals surface area contributed by atoms with Gasteiger partial charge in [-0.05, 0) is 26.9 Å². The molecule has 0 amide bonds. The Bertz CT molecular complexity index is 183. The zero-order chi connectivity index (χ0) is 9.99. The Hall–Kier alpha value is 0.110. The third-order valence-corrected chi connectivity index (χ3v) is 4.62. The molecule has 0 saturated carbocycles. The van der Waals surface area contributed by atoms with Crippen LogP contribution in [-0.2, 0) is 4.57 Å². The summed E-state index contributed by atoms with van der Waals surface area (Å²) in [5.41, 5.74) is 0. The number of nitrogens with zero attached hydrogens (tertiary/aromatic N) is 1. The molecule has 0 rings (SSSR count). The number of rotatable bonds is 4. The molecule has 0 aliphatic carbocycles. The Morgan fingerprint density at radius 3 is 1.58 bits per heavy atom. The number of hydrogen-bond acceptors (Lipinski definition) is 2. The molecule has 5 heteroatoms. The maximum absolute atomic E-state index is 11.2. The zero-order valence-electron chi connectivity index (χ0n) is 8.11. The summed E-state index contributed by atoms with van der Waals surface area (Å²) in [7, 11) is -0.636. The van der Waals surface area contributed by atoms with Crippen molar-refractivity contribution in [1.29, 1.82) is 0 Å². The molecule has 0 radical (unpaired) electrons. The van der Waals surface area contributed by atoms with Crippen LogP contribution in [0, 0.1) is 0 Å². The summed E-state index contributed by atoms with van der Waals surface area (Å²) in [6.45, 7) is 3.59. The van der Waals surface area contributed by atoms with E-state index in [0.29, 0.717) is 12.8 Å². The van der Waals surface area contributed by atoms with Gasteiger partial charge >= 0.3 is 7.60 Å². The van der Waals surface area contributed by atoms with Gasteiger partial charge in [-0.1, -0.05) is 13.8 Å². The molecule has 0 aliphatic heterocycles. The second kappa shape index (κ2) is 3.88. The van der Waals surface area contributed by atoms with Crippen molar-refractivity contribution in [1.82, 2.24) is 4.90 Å². The van der Waals surface area contributed by atoms with Gasteiger partial charge in [-0.3, -0.25) is 9.46 Å². The lowest BCUT2D eigenvalue weighted by Crippen LogP contribution is -2.42. The van der Waals surface area contributed by atoms with Crippen molar-refractivity contribution in [3.63, 3.8) is 0 Å². The Kier molecular flexibility index (Phi) is 3.91. The van der Waals surface area contributed by atoms with E-state index in [9.17, 15) is 4.57 Å². The van der Waals surface area contributed by atoms with Crippen LogP contribution >= 0.6 is 7.60 Å². The molecule has 74 valence electrons. The Balaban J connectivity index is 4.97. The molecule has 4 nitrogen and oxygen atoms in total. The van der Waals surface area contributed by atoms with Crippen LogP contribution < -0.4 is 0 Å². The van der Waals surface area contributed by atoms with Crippen LogP contribution in [0.5, 0.6) is 0 Å². The van der Waals surface area contributed by atoms with Gasteiger partial charge in [0.15, 0.2) is 0 Å². The molecule has 12 heavy (non-hydrogen) atoms. The Morgan fingerprint density at radius 2 is 1.58 bits per heavy atom. The van der Waals surface area contributed by atoms with E-state index in [-0.39, 0.29) is 0 Å². The molecule has 0 unspecified atom stereocenters. The fourth-order valence-corrected chi connectivity index (χ4v) is 2.90. The fraction of sp³-hybridized carbons (Fsp3) is 1.00. The van der Waals surface area contributed by atoms with Crippen LogP contribution in [0.1, 0.15) is 26.7 Å². The van der Waals surface area contributed by atoms with E-state index in [1.165, 1.54) is 0 Å². The summed E-state index contributed by atoms with van der Waals surface area (Å²) >= 11 is 0. The van der Waals surface area contributed by atoms with Gasteiger partial charge < -0.3 is 9.79 Å². The molecule has 0 aromatic carbocycles. The summed E-state index contributed by atoms with van der Waals surface area (Å²) < 4.78 is 11.2. The van der Waals surface area contributed by atoms with Gasteiger partial charge in [-0.15, -0.1) is 0 Å². The van der Waals surface area contributed by atoms with Crippen molar-refractivity contribution < 1.29 is 14.4 Å². The van der Waals surface area contributed by atoms with Crippen molar-refractivity contribution in [2.24, 2.45) is 0 Å². The van der Waals surface area contributed by atoms with Crippen molar-refractivity contribution in [2.45, 2.75) is 32.0 Å². The van der Waals surface area contributed by atoms with Crippen molar-refractivity contribution >= 4 is 7.60 Å². The Morgan fingerprint density at radius 1 is 1.25 bits per heavy atom. The summed E-state index contributed by atoms with van der Waals surface area (Å²) in [5, 5.41) is -0.979. The highest BCUT2D eigenvalue weighted by Gasteiger charge is 2.45. The zero-order valence-corrected chi connectivity index (χ0v) is 9.01. The van der Waals surface area contributed by atoms with Crippen LogP contribution in [0.2, 0.25) is 0 Å². The summed E-state index contributed by atoms with van der Waals surface area (Å²) in [6.07, 6.45) is 0.918. The number of hydrogen-bond donors (Lipinski definition) is 2. The minimum atomic E-state index is -4.04. The highest BCUT2D eigenvalue weighted by atomic mass is 31.2. The monoisotopic (exact) mass is 195 g/mol. The lowest BCUT2D eigenvalue weighted by atomic mass is 10.1. The van der Waals surface area contributed by atoms with Gasteiger partial charge in [0.1, 0.15) is 5.28 Å². The van der Waals surface area contributed by atoms with Crippen LogP contribution in [-0.4, -0.2) is 34.1 Å². The van der Waals surface area contributed by atoms with Crippen molar-refractivity contribution in [3.8, 4) is 0 Å². The third kappa shape index (κ3) is 1.88. The van der Waals surface area contributed by atoms with E-state index in [0.717, 1.165) is 0 Å². The molecular weight excluding hydrogens is 177 g/mol. The first-order valence-electron chi connectivity index (χ1n) is 4.05. The fourth-order valence-electron chi connectivity index (χ4n) is 1.55. The second-order valence-electron chi connectivity index (χ2n) is 3.13. The molecule has 0 atom stereocenters. The summed E-state index contributed by atoms with van der Waals surface area (Å²) in [4.78, 5) is 20.0. The predicted octanol–water partition coefficient (Wildman–Crippen LogP) is 1.24. The van der Waals surface area contributed by atoms with Crippen LogP contribution in [0.25, 0.3) is 0 Å². The first-order chi connectivity index (χ1) is 5.31. The van der Waals surface area contributed by atoms with Crippen LogP contribution in [0.3, 0.4) is 0 Å². The molecule has 0 heterocycles. The largest absolute Gasteiger partial charge is 0.345 e. The first kappa shape index (κ1) is 12.1. The van der Waals surface area contributed by atoms with Crippen LogP contribution in [0.15, 0.2) is 0 Å². The van der Waals surface area contributed by atoms with Gasteiger partial charge in [0.2, 0.25) is 0 Å². The molecule has 0 aromatic heterocycles. The van der Waals surface area contributed by atoms with E-state index in [1.807, 2.05) is 0 Å². The van der Waals surface area contributed by atoms with Crippen molar-refractivity contribution in [2.75, 3.05) is 14.1 Å². The van der Waals surface area contributed by atoms with E-state index >= 15 is 0 Å². The topological polar surface area (TPSA) is 60.8 Å². The van der Waals surface area contributed by atoms with E-state index in [1.54, 1.807) is 32.8 Å². The maximum Gasteiger partial charge on any atom is 0.345 e. The van der Waals surface area contributed by atoms with Crippen LogP contribution in [0.4, 0.5) is 0 Å². The van der Waals surface area contributed by atoms with Gasteiger partial charge in [-0.2, -0.15) is 0 Å². The van der Waals surface area contributed by atoms with Gasteiger partial charge in [0.25, 0.3) is 0 Å². The lowest BCUT2D eigenvalue weighted by molar-refractivity contribution is 0.177. The van der Waals surface area contributed by atoms with E-state index in [2.05, 4.69) is 0 Å². The first-order valence-corrected chi connectivity index (χ1v) is 5.66. The van der Waals surface area contributed by atoms with E-state index < -0.39 is 12.9 Å². The predicted molar refractivity (Wildman–Crippen MR) is 49.0 cm³/mol. The highest BCUT2D eigenvalue weighted by Crippen LogP contribution is 2.55. The smallest absolute Gasteiger partial charge is 0.323 e. The normalized spacial score (nSPS) is 13.9. The summed E-state index contributed by atoms with van der Waals surface area (Å²) in [5.74, 6) is 0. The minimum Gasteiger partial charge on any atom is -0.323 e. The van der Waals surface area contributed by atoms with E-state index in [4.69, 9.17) is 9.79 Å². The third-order valence-electron chi connectivity index (χ3n) is 2.51. The quantitative estimate of drug-likeness (QED) is 0.662. The molecule has 0 saturated heterocycles. The Labute approximate surface area is 73.7 Å². The summed E-state index contributed by atoms with van der Waals surface area (Å²) in [6, 6.07) is 0. The van der Waals surface area contributed by atoms with Gasteiger partial charge in [0.05, 0.1) is 0 Å².